The first-order valence-corrected chi connectivity index (χ1v) is 7.31. The lowest BCUT2D eigenvalue weighted by Crippen LogP contribution is -2.28. The van der Waals surface area contributed by atoms with Gasteiger partial charge in [0.2, 0.25) is 0 Å². The van der Waals surface area contributed by atoms with Crippen molar-refractivity contribution in [3.63, 3.8) is 0 Å². The molecule has 2 aromatic rings. The number of aromatic nitrogens is 1. The van der Waals surface area contributed by atoms with Crippen LogP contribution >= 0.6 is 11.6 Å². The normalized spacial score (nSPS) is 11.9. The van der Waals surface area contributed by atoms with Crippen LogP contribution in [0.1, 0.15) is 22.0 Å². The van der Waals surface area contributed by atoms with Crippen molar-refractivity contribution >= 4 is 23.3 Å². The second-order valence-corrected chi connectivity index (χ2v) is 5.60. The first-order valence-electron chi connectivity index (χ1n) is 6.93. The zero-order valence-electron chi connectivity index (χ0n) is 12.8. The highest BCUT2D eigenvalue weighted by Crippen LogP contribution is 2.20. The van der Waals surface area contributed by atoms with Crippen LogP contribution in [0.3, 0.4) is 0 Å². The number of hydrogen-bond acceptors (Lipinski definition) is 4. The maximum Gasteiger partial charge on any atom is 0.251 e. The number of hydrogen-bond donors (Lipinski definition) is 2. The van der Waals surface area contributed by atoms with E-state index in [0.717, 1.165) is 6.07 Å². The zero-order valence-corrected chi connectivity index (χ0v) is 13.5. The van der Waals surface area contributed by atoms with E-state index in [-0.39, 0.29) is 17.5 Å². The first-order chi connectivity index (χ1) is 10.9. The van der Waals surface area contributed by atoms with Crippen molar-refractivity contribution in [1.29, 1.82) is 0 Å². The van der Waals surface area contributed by atoms with Crippen LogP contribution in [0.15, 0.2) is 36.5 Å². The Morgan fingerprint density at radius 2 is 2.13 bits per heavy atom. The number of aliphatic hydroxyl groups excluding tert-OH is 1. The van der Waals surface area contributed by atoms with Gasteiger partial charge in [0.05, 0.1) is 11.1 Å². The molecule has 122 valence electrons. The minimum atomic E-state index is -1.03. The molecule has 0 spiro atoms. The van der Waals surface area contributed by atoms with Crippen molar-refractivity contribution in [2.75, 3.05) is 25.5 Å². The average molecular weight is 338 g/mol. The fraction of sp³-hybridized carbons (Fsp3) is 0.250. The summed E-state index contributed by atoms with van der Waals surface area (Å²) in [6.45, 7) is -0.0421. The van der Waals surface area contributed by atoms with Crippen molar-refractivity contribution in [2.45, 2.75) is 6.10 Å². The maximum absolute atomic E-state index is 13.4. The summed E-state index contributed by atoms with van der Waals surface area (Å²) in [6.07, 6.45) is 0.510. The minimum Gasteiger partial charge on any atom is -0.387 e. The fourth-order valence-electron chi connectivity index (χ4n) is 1.93. The SMILES string of the molecule is CN(C)c1cc(C(=O)NCC(O)c2ccc(Cl)c(F)c2)ccn1. The van der Waals surface area contributed by atoms with E-state index in [9.17, 15) is 14.3 Å². The molecule has 5 nitrogen and oxygen atoms in total. The summed E-state index contributed by atoms with van der Waals surface area (Å²) in [5.41, 5.74) is 0.772. The quantitative estimate of drug-likeness (QED) is 0.879. The Bertz CT molecular complexity index is 709. The van der Waals surface area contributed by atoms with Crippen molar-refractivity contribution in [2.24, 2.45) is 0 Å². The molecule has 2 rings (SSSR count). The summed E-state index contributed by atoms with van der Waals surface area (Å²) in [5.74, 6) is -0.304. The second-order valence-electron chi connectivity index (χ2n) is 5.20. The fourth-order valence-corrected chi connectivity index (χ4v) is 2.05. The van der Waals surface area contributed by atoms with Crippen molar-refractivity contribution < 1.29 is 14.3 Å². The van der Waals surface area contributed by atoms with Gasteiger partial charge in [-0.3, -0.25) is 4.79 Å². The Morgan fingerprint density at radius 1 is 1.39 bits per heavy atom. The molecule has 0 saturated heterocycles. The topological polar surface area (TPSA) is 65.5 Å². The molecule has 1 aromatic heterocycles. The molecule has 0 aliphatic rings. The van der Waals surface area contributed by atoms with Crippen LogP contribution in [0.25, 0.3) is 0 Å². The Hall–Kier alpha value is -2.18. The highest BCUT2D eigenvalue weighted by Gasteiger charge is 2.13. The number of benzene rings is 1. The number of aliphatic hydroxyl groups is 1. The van der Waals surface area contributed by atoms with Crippen molar-refractivity contribution in [3.8, 4) is 0 Å². The van der Waals surface area contributed by atoms with Crippen molar-refractivity contribution in [1.82, 2.24) is 10.3 Å². The predicted molar refractivity (Wildman–Crippen MR) is 87.3 cm³/mol. The van der Waals surface area contributed by atoms with Gasteiger partial charge in [0, 0.05) is 32.4 Å². The Morgan fingerprint density at radius 3 is 2.78 bits per heavy atom. The van der Waals surface area contributed by atoms with Gasteiger partial charge in [-0.15, -0.1) is 0 Å². The molecule has 7 heteroatoms. The molecule has 1 atom stereocenters. The number of halogens is 2. The summed E-state index contributed by atoms with van der Waals surface area (Å²) in [7, 11) is 3.64. The van der Waals surface area contributed by atoms with Gasteiger partial charge < -0.3 is 15.3 Å². The maximum atomic E-state index is 13.4. The van der Waals surface area contributed by atoms with Crippen LogP contribution in [-0.2, 0) is 0 Å². The molecule has 0 aliphatic heterocycles. The number of anilines is 1. The van der Waals surface area contributed by atoms with E-state index in [1.54, 1.807) is 17.0 Å². The van der Waals surface area contributed by atoms with Crippen molar-refractivity contribution in [3.05, 3.63) is 58.5 Å². The van der Waals surface area contributed by atoms with Crippen LogP contribution in [0.5, 0.6) is 0 Å². The predicted octanol–water partition coefficient (Wildman–Crippen LogP) is 2.40. The van der Waals surface area contributed by atoms with E-state index in [1.807, 2.05) is 14.1 Å². The Labute approximate surface area is 138 Å². The standard InChI is InChI=1S/C16H17ClFN3O2/c1-21(2)15-8-11(5-6-19-15)16(23)20-9-14(22)10-3-4-12(17)13(18)7-10/h3-8,14,22H,9H2,1-2H3,(H,20,23). The van der Waals surface area contributed by atoms with E-state index in [0.29, 0.717) is 16.9 Å². The number of carbonyl (C=O) groups excluding carboxylic acids is 1. The third-order valence-corrected chi connectivity index (χ3v) is 3.56. The molecular weight excluding hydrogens is 321 g/mol. The molecule has 2 N–H and O–H groups in total. The van der Waals surface area contributed by atoms with E-state index >= 15 is 0 Å². The lowest BCUT2D eigenvalue weighted by molar-refractivity contribution is 0.0916. The third-order valence-electron chi connectivity index (χ3n) is 3.25. The molecule has 0 radical (unpaired) electrons. The smallest absolute Gasteiger partial charge is 0.251 e. The van der Waals surface area contributed by atoms with Gasteiger partial charge >= 0.3 is 0 Å². The van der Waals surface area contributed by atoms with Gasteiger partial charge in [-0.2, -0.15) is 0 Å². The molecule has 1 heterocycles. The molecule has 0 bridgehead atoms. The Kier molecular flexibility index (Phi) is 5.52. The van der Waals surface area contributed by atoms with E-state index in [1.165, 1.54) is 18.3 Å². The van der Waals surface area contributed by atoms with Crippen LogP contribution < -0.4 is 10.2 Å². The summed E-state index contributed by atoms with van der Waals surface area (Å²) < 4.78 is 13.4. The molecular formula is C16H17ClFN3O2. The van der Waals surface area contributed by atoms with Crippen LogP contribution in [-0.4, -0.2) is 36.6 Å². The van der Waals surface area contributed by atoms with Gasteiger partial charge in [-0.25, -0.2) is 9.37 Å². The van der Waals surface area contributed by atoms with Gasteiger partial charge in [0.1, 0.15) is 11.6 Å². The second kappa shape index (κ2) is 7.39. The Balaban J connectivity index is 2.00. The number of pyridine rings is 1. The molecule has 0 fully saturated rings. The van der Waals surface area contributed by atoms with Crippen LogP contribution in [0.2, 0.25) is 5.02 Å². The van der Waals surface area contributed by atoms with Gasteiger partial charge in [-0.1, -0.05) is 17.7 Å². The molecule has 23 heavy (non-hydrogen) atoms. The monoisotopic (exact) mass is 337 g/mol. The van der Waals surface area contributed by atoms with Crippen LogP contribution in [0, 0.1) is 5.82 Å². The highest BCUT2D eigenvalue weighted by molar-refractivity contribution is 6.30. The van der Waals surface area contributed by atoms with Gasteiger partial charge in [0.15, 0.2) is 0 Å². The lowest BCUT2D eigenvalue weighted by Gasteiger charge is -2.14. The molecule has 1 aromatic carbocycles. The number of nitrogens with one attached hydrogen (secondary N) is 1. The molecule has 0 saturated carbocycles. The van der Waals surface area contributed by atoms with E-state index < -0.39 is 11.9 Å². The summed E-state index contributed by atoms with van der Waals surface area (Å²) >= 11 is 5.60. The highest BCUT2D eigenvalue weighted by atomic mass is 35.5. The van der Waals surface area contributed by atoms with E-state index in [4.69, 9.17) is 11.6 Å². The average Bonchev–Trinajstić information content (AvgIpc) is 2.54. The zero-order chi connectivity index (χ0) is 17.0. The molecule has 0 aliphatic carbocycles. The minimum absolute atomic E-state index is 0.0158. The van der Waals surface area contributed by atoms with E-state index in [2.05, 4.69) is 10.3 Å². The first kappa shape index (κ1) is 17.2. The summed E-state index contributed by atoms with van der Waals surface area (Å²) in [6, 6.07) is 7.25. The van der Waals surface area contributed by atoms with Gasteiger partial charge in [-0.05, 0) is 29.8 Å². The summed E-state index contributed by atoms with van der Waals surface area (Å²) in [5, 5.41) is 12.6. The number of nitrogens with zero attached hydrogens (tertiary/aromatic N) is 2. The molecule has 1 unspecified atom stereocenters. The van der Waals surface area contributed by atoms with Gasteiger partial charge in [0.25, 0.3) is 5.91 Å². The number of carbonyl (C=O) groups is 1. The van der Waals surface area contributed by atoms with Crippen LogP contribution in [0.4, 0.5) is 10.2 Å². The summed E-state index contributed by atoms with van der Waals surface area (Å²) in [4.78, 5) is 18.0. The number of amides is 1. The largest absolute Gasteiger partial charge is 0.387 e. The molecule has 1 amide bonds. The third kappa shape index (κ3) is 4.40. The lowest BCUT2D eigenvalue weighted by atomic mass is 10.1. The number of rotatable bonds is 5.